The minimum Gasteiger partial charge on any atom is -0.264 e. The lowest BCUT2D eigenvalue weighted by Crippen LogP contribution is -1.81. The average molecular weight is 207 g/mol. The van der Waals surface area contributed by atoms with Crippen LogP contribution in [-0.4, -0.2) is 4.98 Å². The van der Waals surface area contributed by atoms with E-state index in [1.165, 1.54) is 5.56 Å². The highest BCUT2D eigenvalue weighted by molar-refractivity contribution is 5.74. The largest absolute Gasteiger partial charge is 0.264 e. The van der Waals surface area contributed by atoms with Crippen LogP contribution in [0.4, 0.5) is 0 Å². The Morgan fingerprint density at radius 1 is 0.938 bits per heavy atom. The highest BCUT2D eigenvalue weighted by Gasteiger charge is 1.93. The van der Waals surface area contributed by atoms with Gasteiger partial charge in [0.2, 0.25) is 0 Å². The molecule has 0 saturated heterocycles. The lowest BCUT2D eigenvalue weighted by molar-refractivity contribution is 1.31. The first-order valence-corrected chi connectivity index (χ1v) is 5.20. The summed E-state index contributed by atoms with van der Waals surface area (Å²) in [7, 11) is 0. The van der Waals surface area contributed by atoms with Gasteiger partial charge in [0.15, 0.2) is 0 Å². The summed E-state index contributed by atoms with van der Waals surface area (Å²) in [5.74, 6) is 0. The molecule has 0 spiro atoms. The maximum absolute atomic E-state index is 4.11. The van der Waals surface area contributed by atoms with E-state index in [9.17, 15) is 0 Å². The Bertz CT molecular complexity index is 498. The van der Waals surface area contributed by atoms with Crippen molar-refractivity contribution >= 4 is 18.2 Å². The summed E-state index contributed by atoms with van der Waals surface area (Å²) < 4.78 is 0. The second-order valence-electron chi connectivity index (χ2n) is 3.45. The van der Waals surface area contributed by atoms with Crippen molar-refractivity contribution in [2.75, 3.05) is 0 Å². The van der Waals surface area contributed by atoms with Gasteiger partial charge in [-0.15, -0.1) is 0 Å². The second-order valence-corrected chi connectivity index (χ2v) is 3.45. The number of hydrogen-bond acceptors (Lipinski definition) is 1. The fraction of sp³-hybridized carbons (Fsp3) is 0. The van der Waals surface area contributed by atoms with E-state index in [-0.39, 0.29) is 0 Å². The van der Waals surface area contributed by atoms with Crippen molar-refractivity contribution in [1.82, 2.24) is 4.98 Å². The van der Waals surface area contributed by atoms with Gasteiger partial charge in [-0.2, -0.15) is 0 Å². The van der Waals surface area contributed by atoms with Gasteiger partial charge in [0.05, 0.1) is 0 Å². The Balaban J connectivity index is 2.27. The van der Waals surface area contributed by atoms with Crippen LogP contribution in [0, 0.1) is 0 Å². The van der Waals surface area contributed by atoms with Crippen LogP contribution in [0.15, 0.2) is 55.4 Å². The first-order chi connectivity index (χ1) is 7.90. The number of benzene rings is 1. The Morgan fingerprint density at radius 2 is 1.75 bits per heavy atom. The summed E-state index contributed by atoms with van der Waals surface area (Å²) in [6, 6.07) is 12.2. The van der Waals surface area contributed by atoms with Crippen molar-refractivity contribution in [2.45, 2.75) is 0 Å². The molecule has 1 heterocycles. The molecule has 2 aromatic rings. The van der Waals surface area contributed by atoms with Crippen molar-refractivity contribution in [3.63, 3.8) is 0 Å². The van der Waals surface area contributed by atoms with Gasteiger partial charge < -0.3 is 0 Å². The highest BCUT2D eigenvalue weighted by atomic mass is 14.6. The molecule has 0 unspecified atom stereocenters. The fourth-order valence-electron chi connectivity index (χ4n) is 1.49. The number of nitrogens with zero attached hydrogens (tertiary/aromatic N) is 1. The van der Waals surface area contributed by atoms with Crippen LogP contribution < -0.4 is 0 Å². The summed E-state index contributed by atoms with van der Waals surface area (Å²) in [5, 5.41) is 0. The Labute approximate surface area is 95.8 Å². The van der Waals surface area contributed by atoms with Gasteiger partial charge in [0.1, 0.15) is 0 Å². The molecule has 0 bridgehead atoms. The van der Waals surface area contributed by atoms with E-state index < -0.39 is 0 Å². The van der Waals surface area contributed by atoms with Crippen molar-refractivity contribution < 1.29 is 0 Å². The number of hydrogen-bond donors (Lipinski definition) is 0. The van der Waals surface area contributed by atoms with Crippen LogP contribution in [0.2, 0.25) is 0 Å². The third-order valence-electron chi connectivity index (χ3n) is 2.36. The smallest absolute Gasteiger partial charge is 0.0346 e. The van der Waals surface area contributed by atoms with E-state index in [1.54, 1.807) is 6.20 Å². The number of pyridine rings is 1. The maximum atomic E-state index is 4.11. The molecule has 0 fully saturated rings. The summed E-state index contributed by atoms with van der Waals surface area (Å²) in [4.78, 5) is 4.11. The molecule has 2 rings (SSSR count). The Hall–Kier alpha value is -2.15. The summed E-state index contributed by atoms with van der Waals surface area (Å²) in [6.07, 6.45) is 9.59. The molecule has 16 heavy (non-hydrogen) atoms. The Kier molecular flexibility index (Phi) is 3.29. The lowest BCUT2D eigenvalue weighted by atomic mass is 10.1. The van der Waals surface area contributed by atoms with Crippen LogP contribution in [0.1, 0.15) is 16.7 Å². The van der Waals surface area contributed by atoms with Crippen LogP contribution in [-0.2, 0) is 0 Å². The zero-order valence-corrected chi connectivity index (χ0v) is 9.01. The van der Waals surface area contributed by atoms with Crippen molar-refractivity contribution in [2.24, 2.45) is 0 Å². The van der Waals surface area contributed by atoms with E-state index in [0.29, 0.717) is 0 Å². The number of aromatic nitrogens is 1. The third kappa shape index (κ3) is 2.45. The predicted octanol–water partition coefficient (Wildman–Crippen LogP) is 3.90. The molecule has 1 aromatic heterocycles. The van der Waals surface area contributed by atoms with E-state index in [2.05, 4.69) is 35.8 Å². The molecule has 1 nitrogen and oxygen atoms in total. The molecule has 0 N–H and O–H groups in total. The standard InChI is InChI=1S/C15H13N/c1-2-14-10-11-16-12-15(14)9-8-13-6-4-3-5-7-13/h2-12H,1H2. The minimum absolute atomic E-state index is 1.08. The molecule has 0 amide bonds. The molecule has 78 valence electrons. The van der Waals surface area contributed by atoms with Gasteiger partial charge in [0.25, 0.3) is 0 Å². The number of rotatable bonds is 3. The molecule has 0 aliphatic heterocycles. The molecule has 0 aliphatic carbocycles. The molecule has 0 aliphatic rings. The Morgan fingerprint density at radius 3 is 2.50 bits per heavy atom. The lowest BCUT2D eigenvalue weighted by Gasteiger charge is -1.98. The molecular weight excluding hydrogens is 194 g/mol. The molecule has 1 heteroatoms. The van der Waals surface area contributed by atoms with Crippen molar-refractivity contribution in [3.8, 4) is 0 Å². The molecule has 0 radical (unpaired) electrons. The van der Waals surface area contributed by atoms with Gasteiger partial charge in [-0.05, 0) is 22.8 Å². The highest BCUT2D eigenvalue weighted by Crippen LogP contribution is 2.12. The van der Waals surface area contributed by atoms with Gasteiger partial charge in [0, 0.05) is 12.4 Å². The monoisotopic (exact) mass is 207 g/mol. The van der Waals surface area contributed by atoms with Crippen molar-refractivity contribution in [1.29, 1.82) is 0 Å². The maximum Gasteiger partial charge on any atom is 0.0346 e. The molecule has 0 atom stereocenters. The SMILES string of the molecule is C=Cc1ccncc1C=Cc1ccccc1. The van der Waals surface area contributed by atoms with Gasteiger partial charge >= 0.3 is 0 Å². The molecular formula is C15H13N. The first kappa shape index (κ1) is 10.4. The zero-order valence-electron chi connectivity index (χ0n) is 9.01. The predicted molar refractivity (Wildman–Crippen MR) is 69.7 cm³/mol. The third-order valence-corrected chi connectivity index (χ3v) is 2.36. The zero-order chi connectivity index (χ0) is 11.2. The van der Waals surface area contributed by atoms with E-state index in [1.807, 2.05) is 36.5 Å². The second kappa shape index (κ2) is 5.08. The van der Waals surface area contributed by atoms with E-state index >= 15 is 0 Å². The van der Waals surface area contributed by atoms with Gasteiger partial charge in [-0.3, -0.25) is 4.98 Å². The molecule has 0 saturated carbocycles. The molecule has 1 aromatic carbocycles. The van der Waals surface area contributed by atoms with Crippen LogP contribution >= 0.6 is 0 Å². The fourth-order valence-corrected chi connectivity index (χ4v) is 1.49. The van der Waals surface area contributed by atoms with E-state index in [4.69, 9.17) is 0 Å². The topological polar surface area (TPSA) is 12.9 Å². The average Bonchev–Trinajstić information content (AvgIpc) is 2.38. The summed E-state index contributed by atoms with van der Waals surface area (Å²) in [6.45, 7) is 3.78. The van der Waals surface area contributed by atoms with Gasteiger partial charge in [-0.25, -0.2) is 0 Å². The minimum atomic E-state index is 1.08. The first-order valence-electron chi connectivity index (χ1n) is 5.20. The van der Waals surface area contributed by atoms with Crippen LogP contribution in [0.5, 0.6) is 0 Å². The van der Waals surface area contributed by atoms with Crippen LogP contribution in [0.25, 0.3) is 18.2 Å². The quantitative estimate of drug-likeness (QED) is 0.744. The van der Waals surface area contributed by atoms with Gasteiger partial charge in [-0.1, -0.05) is 55.1 Å². The van der Waals surface area contributed by atoms with Crippen LogP contribution in [0.3, 0.4) is 0 Å². The summed E-state index contributed by atoms with van der Waals surface area (Å²) >= 11 is 0. The van der Waals surface area contributed by atoms with E-state index in [0.717, 1.165) is 11.1 Å². The van der Waals surface area contributed by atoms with Crippen molar-refractivity contribution in [3.05, 3.63) is 72.1 Å². The summed E-state index contributed by atoms with van der Waals surface area (Å²) in [5.41, 5.74) is 3.37. The normalized spacial score (nSPS) is 10.5.